The summed E-state index contributed by atoms with van der Waals surface area (Å²) < 4.78 is 0. The van der Waals surface area contributed by atoms with E-state index in [0.717, 1.165) is 25.9 Å². The van der Waals surface area contributed by atoms with Crippen molar-refractivity contribution in [1.29, 1.82) is 0 Å². The van der Waals surface area contributed by atoms with E-state index in [0.29, 0.717) is 6.54 Å². The van der Waals surface area contributed by atoms with Crippen molar-refractivity contribution in [3.05, 3.63) is 0 Å². The van der Waals surface area contributed by atoms with Crippen molar-refractivity contribution in [3.8, 4) is 0 Å². The molecule has 0 spiro atoms. The van der Waals surface area contributed by atoms with Gasteiger partial charge in [-0.15, -0.1) is 0 Å². The number of piperidine rings is 1. The van der Waals surface area contributed by atoms with Crippen LogP contribution in [0.4, 0.5) is 0 Å². The van der Waals surface area contributed by atoms with Gasteiger partial charge in [0.2, 0.25) is 5.91 Å². The van der Waals surface area contributed by atoms with Crippen LogP contribution in [0.25, 0.3) is 0 Å². The highest BCUT2D eigenvalue weighted by Gasteiger charge is 2.38. The fraction of sp³-hybridized carbons (Fsp3) is 0.923. The number of aliphatic hydroxyl groups excluding tert-OH is 1. The molecule has 1 aliphatic rings. The van der Waals surface area contributed by atoms with Gasteiger partial charge in [0.05, 0.1) is 11.5 Å². The SMILES string of the molecule is CC(O)CN(C(=O)C1(C)CCCNC1)C(C)C. The number of carbonyl (C=O) groups excluding carboxylic acids is 1. The van der Waals surface area contributed by atoms with E-state index < -0.39 is 6.10 Å². The Morgan fingerprint density at radius 3 is 2.53 bits per heavy atom. The Kier molecular flexibility index (Phi) is 4.95. The van der Waals surface area contributed by atoms with Crippen molar-refractivity contribution >= 4 is 5.91 Å². The average Bonchev–Trinajstić information content (AvgIpc) is 2.25. The second-order valence-corrected chi connectivity index (χ2v) is 5.74. The van der Waals surface area contributed by atoms with Crippen LogP contribution < -0.4 is 5.32 Å². The van der Waals surface area contributed by atoms with E-state index in [-0.39, 0.29) is 17.4 Å². The van der Waals surface area contributed by atoms with Gasteiger partial charge in [0.25, 0.3) is 0 Å². The van der Waals surface area contributed by atoms with E-state index in [2.05, 4.69) is 5.32 Å². The number of hydrogen-bond acceptors (Lipinski definition) is 3. The first-order valence-electron chi connectivity index (χ1n) is 6.56. The molecular weight excluding hydrogens is 216 g/mol. The van der Waals surface area contributed by atoms with Gasteiger partial charge in [-0.05, 0) is 47.1 Å². The molecular formula is C13H26N2O2. The summed E-state index contributed by atoms with van der Waals surface area (Å²) in [5.41, 5.74) is -0.308. The second kappa shape index (κ2) is 5.83. The smallest absolute Gasteiger partial charge is 0.230 e. The number of aliphatic hydroxyl groups is 1. The van der Waals surface area contributed by atoms with E-state index in [9.17, 15) is 9.90 Å². The van der Waals surface area contributed by atoms with Crippen LogP contribution in [-0.2, 0) is 4.79 Å². The maximum absolute atomic E-state index is 12.6. The molecule has 2 unspecified atom stereocenters. The lowest BCUT2D eigenvalue weighted by Gasteiger charge is -2.39. The third-order valence-corrected chi connectivity index (χ3v) is 3.46. The summed E-state index contributed by atoms with van der Waals surface area (Å²) in [6.45, 7) is 9.92. The second-order valence-electron chi connectivity index (χ2n) is 5.74. The van der Waals surface area contributed by atoms with Gasteiger partial charge in [-0.2, -0.15) is 0 Å². The quantitative estimate of drug-likeness (QED) is 0.773. The molecule has 1 aliphatic heterocycles. The minimum Gasteiger partial charge on any atom is -0.392 e. The molecule has 1 amide bonds. The number of carbonyl (C=O) groups is 1. The van der Waals surface area contributed by atoms with E-state index in [4.69, 9.17) is 0 Å². The molecule has 0 aromatic carbocycles. The molecule has 0 aliphatic carbocycles. The number of rotatable bonds is 4. The predicted octanol–water partition coefficient (Wildman–Crippen LogP) is 0.994. The van der Waals surface area contributed by atoms with Gasteiger partial charge in [-0.25, -0.2) is 0 Å². The van der Waals surface area contributed by atoms with Crippen molar-refractivity contribution in [3.63, 3.8) is 0 Å². The molecule has 1 rings (SSSR count). The van der Waals surface area contributed by atoms with Gasteiger partial charge in [0.1, 0.15) is 0 Å². The highest BCUT2D eigenvalue weighted by atomic mass is 16.3. The third kappa shape index (κ3) is 3.68. The Morgan fingerprint density at radius 1 is 1.47 bits per heavy atom. The van der Waals surface area contributed by atoms with Crippen LogP contribution in [0.5, 0.6) is 0 Å². The summed E-state index contributed by atoms with van der Waals surface area (Å²) in [6, 6.07) is 0.135. The van der Waals surface area contributed by atoms with Crippen molar-refractivity contribution in [2.24, 2.45) is 5.41 Å². The van der Waals surface area contributed by atoms with Crippen molar-refractivity contribution < 1.29 is 9.90 Å². The topological polar surface area (TPSA) is 52.6 Å². The molecule has 0 aromatic heterocycles. The summed E-state index contributed by atoms with van der Waals surface area (Å²) in [5.74, 6) is 0.167. The van der Waals surface area contributed by atoms with Gasteiger partial charge >= 0.3 is 0 Å². The lowest BCUT2D eigenvalue weighted by molar-refractivity contribution is -0.145. The molecule has 0 saturated carbocycles. The first-order chi connectivity index (χ1) is 7.87. The monoisotopic (exact) mass is 242 g/mol. The fourth-order valence-electron chi connectivity index (χ4n) is 2.40. The average molecular weight is 242 g/mol. The normalized spacial score (nSPS) is 26.9. The molecule has 2 N–H and O–H groups in total. The molecule has 4 heteroatoms. The minimum absolute atomic E-state index is 0.135. The Bertz CT molecular complexity index is 258. The molecule has 1 heterocycles. The van der Waals surface area contributed by atoms with Gasteiger partial charge in [-0.3, -0.25) is 4.79 Å². The number of nitrogens with one attached hydrogen (secondary N) is 1. The Hall–Kier alpha value is -0.610. The summed E-state index contributed by atoms with van der Waals surface area (Å²) >= 11 is 0. The van der Waals surface area contributed by atoms with Gasteiger partial charge in [-0.1, -0.05) is 0 Å². The molecule has 0 aromatic rings. The van der Waals surface area contributed by atoms with E-state index in [1.54, 1.807) is 11.8 Å². The van der Waals surface area contributed by atoms with Crippen molar-refractivity contribution in [2.45, 2.75) is 52.7 Å². The number of amides is 1. The number of nitrogens with zero attached hydrogens (tertiary/aromatic N) is 1. The summed E-state index contributed by atoms with van der Waals surface area (Å²) in [6.07, 6.45) is 1.51. The molecule has 0 bridgehead atoms. The van der Waals surface area contributed by atoms with Crippen LogP contribution in [0.2, 0.25) is 0 Å². The molecule has 4 nitrogen and oxygen atoms in total. The zero-order chi connectivity index (χ0) is 13.1. The fourth-order valence-corrected chi connectivity index (χ4v) is 2.40. The zero-order valence-electron chi connectivity index (χ0n) is 11.5. The largest absolute Gasteiger partial charge is 0.392 e. The molecule has 0 radical (unpaired) electrons. The summed E-state index contributed by atoms with van der Waals surface area (Å²) in [4.78, 5) is 14.4. The lowest BCUT2D eigenvalue weighted by atomic mass is 9.81. The van der Waals surface area contributed by atoms with Crippen LogP contribution in [-0.4, -0.2) is 47.7 Å². The Morgan fingerprint density at radius 2 is 2.12 bits per heavy atom. The van der Waals surface area contributed by atoms with Crippen molar-refractivity contribution in [2.75, 3.05) is 19.6 Å². The van der Waals surface area contributed by atoms with Crippen LogP contribution in [0.15, 0.2) is 0 Å². The van der Waals surface area contributed by atoms with Gasteiger partial charge in [0.15, 0.2) is 0 Å². The van der Waals surface area contributed by atoms with Crippen LogP contribution in [0.1, 0.15) is 40.5 Å². The van der Waals surface area contributed by atoms with Gasteiger partial charge < -0.3 is 15.3 Å². The zero-order valence-corrected chi connectivity index (χ0v) is 11.5. The van der Waals surface area contributed by atoms with Crippen LogP contribution in [0.3, 0.4) is 0 Å². The first kappa shape index (κ1) is 14.5. The van der Waals surface area contributed by atoms with Gasteiger partial charge in [0, 0.05) is 19.1 Å². The molecule has 2 atom stereocenters. The summed E-state index contributed by atoms with van der Waals surface area (Å²) in [5, 5.41) is 12.8. The van der Waals surface area contributed by atoms with Crippen LogP contribution in [0, 0.1) is 5.41 Å². The van der Waals surface area contributed by atoms with E-state index in [1.807, 2.05) is 20.8 Å². The molecule has 1 saturated heterocycles. The summed E-state index contributed by atoms with van der Waals surface area (Å²) in [7, 11) is 0. The van der Waals surface area contributed by atoms with Crippen molar-refractivity contribution in [1.82, 2.24) is 10.2 Å². The maximum Gasteiger partial charge on any atom is 0.230 e. The van der Waals surface area contributed by atoms with E-state index >= 15 is 0 Å². The first-order valence-corrected chi connectivity index (χ1v) is 6.56. The van der Waals surface area contributed by atoms with Crippen LogP contribution >= 0.6 is 0 Å². The highest BCUT2D eigenvalue weighted by molar-refractivity contribution is 5.83. The van der Waals surface area contributed by atoms with E-state index in [1.165, 1.54) is 0 Å². The molecule has 100 valence electrons. The number of hydrogen-bond donors (Lipinski definition) is 2. The Labute approximate surface area is 104 Å². The highest BCUT2D eigenvalue weighted by Crippen LogP contribution is 2.28. The molecule has 17 heavy (non-hydrogen) atoms. The Balaban J connectivity index is 2.75. The standard InChI is InChI=1S/C13H26N2O2/c1-10(2)15(8-11(3)16)12(17)13(4)6-5-7-14-9-13/h10-11,14,16H,5-9H2,1-4H3. The molecule has 1 fully saturated rings. The third-order valence-electron chi connectivity index (χ3n) is 3.46. The maximum atomic E-state index is 12.6. The minimum atomic E-state index is -0.471. The predicted molar refractivity (Wildman–Crippen MR) is 68.7 cm³/mol. The lowest BCUT2D eigenvalue weighted by Crippen LogP contribution is -2.53.